The van der Waals surface area contributed by atoms with Gasteiger partial charge < -0.3 is 19.9 Å². The van der Waals surface area contributed by atoms with E-state index in [0.29, 0.717) is 11.3 Å². The van der Waals surface area contributed by atoms with Crippen LogP contribution in [0.3, 0.4) is 0 Å². The van der Waals surface area contributed by atoms with Crippen LogP contribution in [0.4, 0.5) is 0 Å². The van der Waals surface area contributed by atoms with Crippen molar-refractivity contribution >= 4 is 28.7 Å². The van der Waals surface area contributed by atoms with E-state index in [1.807, 2.05) is 60.7 Å². The van der Waals surface area contributed by atoms with Crippen LogP contribution < -0.4 is 10.1 Å². The first-order valence-electron chi connectivity index (χ1n) is 11.3. The van der Waals surface area contributed by atoms with Gasteiger partial charge in [-0.15, -0.1) is 0 Å². The minimum atomic E-state index is -1.01. The number of carboxylic acid groups (broad SMARTS) is 1. The Balaban J connectivity index is 1.74. The number of fused-ring (bicyclic) bond motifs is 1. The average Bonchev–Trinajstić information content (AvgIpc) is 2.82. The van der Waals surface area contributed by atoms with Crippen molar-refractivity contribution in [2.45, 2.75) is 45.9 Å². The van der Waals surface area contributed by atoms with Crippen molar-refractivity contribution in [2.24, 2.45) is 0 Å². The number of hydrogen-bond acceptors (Lipinski definition) is 4. The smallest absolute Gasteiger partial charge is 0.333 e. The molecule has 34 heavy (non-hydrogen) atoms. The van der Waals surface area contributed by atoms with Crippen molar-refractivity contribution in [3.05, 3.63) is 82.9 Å². The predicted octanol–water partition coefficient (Wildman–Crippen LogP) is 4.99. The quantitative estimate of drug-likeness (QED) is 0.416. The molecule has 0 saturated heterocycles. The highest BCUT2D eigenvalue weighted by atomic mass is 16.5. The summed E-state index contributed by atoms with van der Waals surface area (Å²) in [6.45, 7) is 5.64. The molecule has 0 heterocycles. The van der Waals surface area contributed by atoms with E-state index >= 15 is 0 Å². The molecule has 3 aromatic carbocycles. The maximum Gasteiger partial charge on any atom is 0.333 e. The SMILES string of the molecule is COc1ccc(CC(OC(C)C)C(=O)O)cc1CNC(=O)/C(C)=C/c1cccc2ccccc12. The lowest BCUT2D eigenvalue weighted by atomic mass is 10.0. The summed E-state index contributed by atoms with van der Waals surface area (Å²) in [7, 11) is 1.56. The second-order valence-corrected chi connectivity index (χ2v) is 8.44. The van der Waals surface area contributed by atoms with Gasteiger partial charge in [-0.25, -0.2) is 4.79 Å². The lowest BCUT2D eigenvalue weighted by Crippen LogP contribution is -2.29. The molecule has 3 rings (SSSR count). The van der Waals surface area contributed by atoms with Gasteiger partial charge in [0.25, 0.3) is 0 Å². The molecule has 178 valence electrons. The molecule has 0 bridgehead atoms. The number of hydrogen-bond donors (Lipinski definition) is 2. The summed E-state index contributed by atoms with van der Waals surface area (Å²) in [6, 6.07) is 19.5. The number of benzene rings is 3. The Labute approximate surface area is 200 Å². The maximum absolute atomic E-state index is 12.8. The average molecular weight is 462 g/mol. The van der Waals surface area contributed by atoms with Crippen molar-refractivity contribution < 1.29 is 24.2 Å². The van der Waals surface area contributed by atoms with Gasteiger partial charge in [0, 0.05) is 24.1 Å². The molecule has 6 heteroatoms. The Morgan fingerprint density at radius 2 is 1.79 bits per heavy atom. The first-order chi connectivity index (χ1) is 16.3. The lowest BCUT2D eigenvalue weighted by molar-refractivity contribution is -0.153. The molecule has 0 fully saturated rings. The number of rotatable bonds is 10. The molecular formula is C28H31NO5. The van der Waals surface area contributed by atoms with Crippen LogP contribution in [0.25, 0.3) is 16.8 Å². The standard InChI is InChI=1S/C28H31NO5/c1-18(2)34-26(28(31)32)16-20-12-13-25(33-4)23(15-20)17-29-27(30)19(3)14-22-10-7-9-21-8-5-6-11-24(21)22/h5-15,18,26H,16-17H2,1-4H3,(H,29,30)(H,31,32)/b19-14+. The van der Waals surface area contributed by atoms with E-state index in [1.54, 1.807) is 33.9 Å². The fourth-order valence-corrected chi connectivity index (χ4v) is 3.82. The molecule has 2 N–H and O–H groups in total. The van der Waals surface area contributed by atoms with Crippen LogP contribution in [-0.2, 0) is 27.3 Å². The van der Waals surface area contributed by atoms with Gasteiger partial charge >= 0.3 is 5.97 Å². The number of amides is 1. The molecule has 0 aliphatic rings. The van der Waals surface area contributed by atoms with E-state index in [0.717, 1.165) is 27.5 Å². The van der Waals surface area contributed by atoms with Crippen LogP contribution in [0.5, 0.6) is 5.75 Å². The molecule has 0 saturated carbocycles. The molecule has 6 nitrogen and oxygen atoms in total. The van der Waals surface area contributed by atoms with Crippen LogP contribution in [0.15, 0.2) is 66.2 Å². The highest BCUT2D eigenvalue weighted by Crippen LogP contribution is 2.23. The van der Waals surface area contributed by atoms with Gasteiger partial charge in [-0.3, -0.25) is 4.79 Å². The number of carbonyl (C=O) groups excluding carboxylic acids is 1. The van der Waals surface area contributed by atoms with Gasteiger partial charge in [-0.2, -0.15) is 0 Å². The molecular weight excluding hydrogens is 430 g/mol. The van der Waals surface area contributed by atoms with E-state index in [1.165, 1.54) is 0 Å². The number of aliphatic carboxylic acids is 1. The Kier molecular flexibility index (Phi) is 8.44. The minimum Gasteiger partial charge on any atom is -0.496 e. The summed E-state index contributed by atoms with van der Waals surface area (Å²) >= 11 is 0. The highest BCUT2D eigenvalue weighted by molar-refractivity contribution is 6.00. The highest BCUT2D eigenvalue weighted by Gasteiger charge is 2.21. The lowest BCUT2D eigenvalue weighted by Gasteiger charge is -2.18. The Morgan fingerprint density at radius 1 is 1.06 bits per heavy atom. The second-order valence-electron chi connectivity index (χ2n) is 8.44. The van der Waals surface area contributed by atoms with Crippen molar-refractivity contribution in [3.8, 4) is 5.75 Å². The topological polar surface area (TPSA) is 84.9 Å². The first kappa shape index (κ1) is 25.0. The van der Waals surface area contributed by atoms with Crippen molar-refractivity contribution in [1.29, 1.82) is 0 Å². The molecule has 0 aliphatic carbocycles. The van der Waals surface area contributed by atoms with E-state index in [-0.39, 0.29) is 25.0 Å². The fraction of sp³-hybridized carbons (Fsp3) is 0.286. The summed E-state index contributed by atoms with van der Waals surface area (Å²) in [5, 5.41) is 14.6. The number of nitrogens with one attached hydrogen (secondary N) is 1. The van der Waals surface area contributed by atoms with Gasteiger partial charge in [0.05, 0.1) is 13.2 Å². The van der Waals surface area contributed by atoms with Crippen LogP contribution >= 0.6 is 0 Å². The monoisotopic (exact) mass is 461 g/mol. The van der Waals surface area contributed by atoms with E-state index < -0.39 is 12.1 Å². The van der Waals surface area contributed by atoms with E-state index in [4.69, 9.17) is 9.47 Å². The number of carbonyl (C=O) groups is 2. The van der Waals surface area contributed by atoms with E-state index in [2.05, 4.69) is 5.32 Å². The fourth-order valence-electron chi connectivity index (χ4n) is 3.82. The van der Waals surface area contributed by atoms with Gasteiger partial charge in [-0.1, -0.05) is 54.6 Å². The zero-order valence-electron chi connectivity index (χ0n) is 20.0. The number of methoxy groups -OCH3 is 1. The summed E-state index contributed by atoms with van der Waals surface area (Å²) in [6.07, 6.45) is 0.959. The third-order valence-corrected chi connectivity index (χ3v) is 5.47. The zero-order chi connectivity index (χ0) is 24.7. The second kappa shape index (κ2) is 11.5. The molecule has 1 amide bonds. The maximum atomic E-state index is 12.8. The first-order valence-corrected chi connectivity index (χ1v) is 11.3. The third kappa shape index (κ3) is 6.45. The third-order valence-electron chi connectivity index (χ3n) is 5.47. The molecule has 1 unspecified atom stereocenters. The predicted molar refractivity (Wildman–Crippen MR) is 134 cm³/mol. The molecule has 0 spiro atoms. The van der Waals surface area contributed by atoms with Crippen LogP contribution in [0, 0.1) is 0 Å². The summed E-state index contributed by atoms with van der Waals surface area (Å²) < 4.78 is 11.0. The molecule has 0 radical (unpaired) electrons. The van der Waals surface area contributed by atoms with E-state index in [9.17, 15) is 14.7 Å². The minimum absolute atomic E-state index is 0.188. The number of ether oxygens (including phenoxy) is 2. The Bertz CT molecular complexity index is 1190. The zero-order valence-corrected chi connectivity index (χ0v) is 20.0. The van der Waals surface area contributed by atoms with Crippen LogP contribution in [-0.4, -0.2) is 36.3 Å². The van der Waals surface area contributed by atoms with Gasteiger partial charge in [0.15, 0.2) is 6.10 Å². The summed E-state index contributed by atoms with van der Waals surface area (Å²) in [5.74, 6) is -0.572. The molecule has 0 aliphatic heterocycles. The van der Waals surface area contributed by atoms with Gasteiger partial charge in [-0.05, 0) is 54.8 Å². The Hall–Kier alpha value is -3.64. The van der Waals surface area contributed by atoms with Crippen molar-refractivity contribution in [3.63, 3.8) is 0 Å². The normalized spacial score (nSPS) is 12.6. The van der Waals surface area contributed by atoms with Crippen LogP contribution in [0.2, 0.25) is 0 Å². The van der Waals surface area contributed by atoms with Crippen molar-refractivity contribution in [1.82, 2.24) is 5.32 Å². The van der Waals surface area contributed by atoms with Crippen LogP contribution in [0.1, 0.15) is 37.5 Å². The number of carboxylic acids is 1. The largest absolute Gasteiger partial charge is 0.496 e. The summed E-state index contributed by atoms with van der Waals surface area (Å²) in [5.41, 5.74) is 3.12. The Morgan fingerprint density at radius 3 is 2.50 bits per heavy atom. The molecule has 0 aromatic heterocycles. The van der Waals surface area contributed by atoms with Crippen molar-refractivity contribution in [2.75, 3.05) is 7.11 Å². The molecule has 1 atom stereocenters. The van der Waals surface area contributed by atoms with Gasteiger partial charge in [0.1, 0.15) is 5.75 Å². The van der Waals surface area contributed by atoms with Gasteiger partial charge in [0.2, 0.25) is 5.91 Å². The summed E-state index contributed by atoms with van der Waals surface area (Å²) in [4.78, 5) is 24.4. The molecule has 3 aromatic rings.